The minimum absolute atomic E-state index is 0.199. The standard InChI is InChI=1S/C24H26F3N5O3/c1-15-20(35-14-29-15)22(34)31-8-6-23(7-9-31)11-19(21(33)30(2)3)32(13-23)17-5-4-16(12-28)18(10-17)24(25,26)27/h4-5,10,14,19H,6-9,11,13H2,1-3H3. The summed E-state index contributed by atoms with van der Waals surface area (Å²) in [6, 6.07) is 4.53. The van der Waals surface area contributed by atoms with E-state index in [0.717, 1.165) is 12.1 Å². The molecule has 0 N–H and O–H groups in total. The number of anilines is 1. The number of benzene rings is 1. The number of aromatic nitrogens is 1. The van der Waals surface area contributed by atoms with Gasteiger partial charge in [-0.15, -0.1) is 0 Å². The van der Waals surface area contributed by atoms with Crippen LogP contribution in [0.15, 0.2) is 29.0 Å². The maximum absolute atomic E-state index is 13.6. The Balaban J connectivity index is 1.60. The Bertz CT molecular complexity index is 1180. The summed E-state index contributed by atoms with van der Waals surface area (Å²) < 4.78 is 46.0. The maximum atomic E-state index is 13.6. The molecule has 2 saturated heterocycles. The van der Waals surface area contributed by atoms with Crippen LogP contribution in [0.25, 0.3) is 0 Å². The number of aryl methyl sites for hydroxylation is 1. The maximum Gasteiger partial charge on any atom is 0.417 e. The van der Waals surface area contributed by atoms with Crippen molar-refractivity contribution in [3.63, 3.8) is 0 Å². The topological polar surface area (TPSA) is 93.7 Å². The number of hydrogen-bond donors (Lipinski definition) is 0. The molecular formula is C24H26F3N5O3. The number of oxazole rings is 1. The summed E-state index contributed by atoms with van der Waals surface area (Å²) in [6.45, 7) is 2.96. The molecule has 1 aromatic carbocycles. The minimum atomic E-state index is -4.69. The molecule has 1 unspecified atom stereocenters. The van der Waals surface area contributed by atoms with E-state index in [1.165, 1.54) is 17.4 Å². The number of carbonyl (C=O) groups is 2. The SMILES string of the molecule is Cc1ncoc1C(=O)N1CCC2(CC1)CC(C(=O)N(C)C)N(c1ccc(C#N)c(C(F)(F)F)c1)C2. The second-order valence-electron chi connectivity index (χ2n) is 9.48. The molecule has 2 aliphatic heterocycles. The Hall–Kier alpha value is -3.55. The molecule has 8 nitrogen and oxygen atoms in total. The van der Waals surface area contributed by atoms with Gasteiger partial charge < -0.3 is 19.1 Å². The molecule has 2 amide bonds. The van der Waals surface area contributed by atoms with Gasteiger partial charge in [-0.25, -0.2) is 4.98 Å². The molecule has 11 heteroatoms. The van der Waals surface area contributed by atoms with Gasteiger partial charge in [0.2, 0.25) is 11.7 Å². The first-order chi connectivity index (χ1) is 16.5. The van der Waals surface area contributed by atoms with E-state index in [-0.39, 0.29) is 28.7 Å². The average molecular weight is 489 g/mol. The number of likely N-dealkylation sites (N-methyl/N-ethyl adjacent to an activating group) is 1. The Morgan fingerprint density at radius 1 is 1.26 bits per heavy atom. The van der Waals surface area contributed by atoms with Crippen LogP contribution in [0, 0.1) is 23.7 Å². The van der Waals surface area contributed by atoms with Crippen molar-refractivity contribution in [2.45, 2.75) is 38.4 Å². The number of nitriles is 1. The number of piperidine rings is 1. The van der Waals surface area contributed by atoms with Crippen molar-refractivity contribution in [3.05, 3.63) is 47.2 Å². The molecule has 2 fully saturated rings. The van der Waals surface area contributed by atoms with Gasteiger partial charge in [0.1, 0.15) is 6.04 Å². The number of likely N-dealkylation sites (tertiary alicyclic amines) is 1. The monoisotopic (exact) mass is 489 g/mol. The van der Waals surface area contributed by atoms with Crippen LogP contribution in [0.3, 0.4) is 0 Å². The predicted molar refractivity (Wildman–Crippen MR) is 119 cm³/mol. The van der Waals surface area contributed by atoms with E-state index in [1.807, 2.05) is 0 Å². The van der Waals surface area contributed by atoms with Crippen molar-refractivity contribution in [1.82, 2.24) is 14.8 Å². The minimum Gasteiger partial charge on any atom is -0.438 e. The fraction of sp³-hybridized carbons (Fsp3) is 0.500. The number of rotatable bonds is 3. The first kappa shape index (κ1) is 24.6. The van der Waals surface area contributed by atoms with Crippen molar-refractivity contribution < 1.29 is 27.2 Å². The second kappa shape index (κ2) is 8.91. The third-order valence-electron chi connectivity index (χ3n) is 7.05. The molecule has 186 valence electrons. The number of alkyl halides is 3. The summed E-state index contributed by atoms with van der Waals surface area (Å²) in [6.07, 6.45) is -1.80. The molecule has 0 radical (unpaired) electrons. The van der Waals surface area contributed by atoms with Crippen LogP contribution in [0.5, 0.6) is 0 Å². The van der Waals surface area contributed by atoms with Crippen LogP contribution in [0.1, 0.15) is 46.6 Å². The molecule has 2 aliphatic rings. The predicted octanol–water partition coefficient (Wildman–Crippen LogP) is 3.46. The second-order valence-corrected chi connectivity index (χ2v) is 9.48. The number of nitrogens with zero attached hydrogens (tertiary/aromatic N) is 5. The molecule has 1 aromatic heterocycles. The highest BCUT2D eigenvalue weighted by Crippen LogP contribution is 2.46. The van der Waals surface area contributed by atoms with Gasteiger partial charge in [0.25, 0.3) is 5.91 Å². The van der Waals surface area contributed by atoms with E-state index in [4.69, 9.17) is 9.68 Å². The molecule has 0 bridgehead atoms. The summed E-state index contributed by atoms with van der Waals surface area (Å²) in [5, 5.41) is 9.14. The number of carbonyl (C=O) groups excluding carboxylic acids is 2. The van der Waals surface area contributed by atoms with Crippen LogP contribution in [0.2, 0.25) is 0 Å². The zero-order chi connectivity index (χ0) is 25.5. The largest absolute Gasteiger partial charge is 0.438 e. The lowest BCUT2D eigenvalue weighted by atomic mass is 9.76. The number of hydrogen-bond acceptors (Lipinski definition) is 6. The van der Waals surface area contributed by atoms with Gasteiger partial charge in [-0.3, -0.25) is 9.59 Å². The van der Waals surface area contributed by atoms with E-state index in [1.54, 1.807) is 36.9 Å². The lowest BCUT2D eigenvalue weighted by molar-refractivity contribution is -0.137. The Labute approximate surface area is 200 Å². The van der Waals surface area contributed by atoms with Crippen molar-refractivity contribution in [2.24, 2.45) is 5.41 Å². The van der Waals surface area contributed by atoms with Crippen LogP contribution in [-0.2, 0) is 11.0 Å². The highest BCUT2D eigenvalue weighted by molar-refractivity contribution is 5.92. The first-order valence-electron chi connectivity index (χ1n) is 11.2. The average Bonchev–Trinajstić information content (AvgIpc) is 3.41. The smallest absolute Gasteiger partial charge is 0.417 e. The molecular weight excluding hydrogens is 463 g/mol. The zero-order valence-corrected chi connectivity index (χ0v) is 19.7. The van der Waals surface area contributed by atoms with Crippen molar-refractivity contribution >= 4 is 17.5 Å². The number of halogens is 3. The van der Waals surface area contributed by atoms with E-state index in [0.29, 0.717) is 44.6 Å². The third kappa shape index (κ3) is 4.57. The van der Waals surface area contributed by atoms with Crippen molar-refractivity contribution in [1.29, 1.82) is 5.26 Å². The summed E-state index contributed by atoms with van der Waals surface area (Å²) in [7, 11) is 3.23. The fourth-order valence-electron chi connectivity index (χ4n) is 5.09. The van der Waals surface area contributed by atoms with E-state index in [2.05, 4.69) is 4.98 Å². The highest BCUT2D eigenvalue weighted by atomic mass is 19.4. The Kier molecular flexibility index (Phi) is 6.25. The summed E-state index contributed by atoms with van der Waals surface area (Å²) in [4.78, 5) is 34.7. The van der Waals surface area contributed by atoms with E-state index >= 15 is 0 Å². The Morgan fingerprint density at radius 3 is 2.49 bits per heavy atom. The molecule has 35 heavy (non-hydrogen) atoms. The normalized spacial score (nSPS) is 19.6. The molecule has 1 atom stereocenters. The van der Waals surface area contributed by atoms with Gasteiger partial charge in [-0.05, 0) is 49.8 Å². The molecule has 0 aliphatic carbocycles. The van der Waals surface area contributed by atoms with Crippen molar-refractivity contribution in [3.8, 4) is 6.07 Å². The van der Waals surface area contributed by atoms with Gasteiger partial charge in [-0.2, -0.15) is 18.4 Å². The van der Waals surface area contributed by atoms with E-state index in [9.17, 15) is 22.8 Å². The quantitative estimate of drug-likeness (QED) is 0.656. The van der Waals surface area contributed by atoms with E-state index < -0.39 is 23.3 Å². The van der Waals surface area contributed by atoms with Gasteiger partial charge in [0.15, 0.2) is 6.39 Å². The molecule has 4 rings (SSSR count). The van der Waals surface area contributed by atoms with Crippen LogP contribution < -0.4 is 4.90 Å². The lowest BCUT2D eigenvalue weighted by Gasteiger charge is -2.39. The summed E-state index contributed by atoms with van der Waals surface area (Å²) >= 11 is 0. The van der Waals surface area contributed by atoms with Gasteiger partial charge in [0, 0.05) is 39.4 Å². The van der Waals surface area contributed by atoms with Crippen molar-refractivity contribution in [2.75, 3.05) is 38.6 Å². The first-order valence-corrected chi connectivity index (χ1v) is 11.2. The molecule has 0 saturated carbocycles. The molecule has 2 aromatic rings. The lowest BCUT2D eigenvalue weighted by Crippen LogP contribution is -2.44. The van der Waals surface area contributed by atoms with Crippen LogP contribution in [-0.4, -0.2) is 66.4 Å². The summed E-state index contributed by atoms with van der Waals surface area (Å²) in [5.41, 5.74) is -1.04. The molecule has 1 spiro atoms. The van der Waals surface area contributed by atoms with Gasteiger partial charge >= 0.3 is 6.18 Å². The number of amides is 2. The highest BCUT2D eigenvalue weighted by Gasteiger charge is 2.49. The van der Waals surface area contributed by atoms with Crippen LogP contribution in [0.4, 0.5) is 18.9 Å². The fourth-order valence-corrected chi connectivity index (χ4v) is 5.09. The van der Waals surface area contributed by atoms with Gasteiger partial charge in [0.05, 0.1) is 22.9 Å². The summed E-state index contributed by atoms with van der Waals surface area (Å²) in [5.74, 6) is -0.241. The third-order valence-corrected chi connectivity index (χ3v) is 7.05. The zero-order valence-electron chi connectivity index (χ0n) is 19.7. The van der Waals surface area contributed by atoms with Crippen LogP contribution >= 0.6 is 0 Å². The molecule has 3 heterocycles. The Morgan fingerprint density at radius 2 is 1.94 bits per heavy atom. The van der Waals surface area contributed by atoms with Gasteiger partial charge in [-0.1, -0.05) is 0 Å².